The summed E-state index contributed by atoms with van der Waals surface area (Å²) in [6.45, 7) is 4.02. The van der Waals surface area contributed by atoms with Crippen molar-refractivity contribution in [2.24, 2.45) is 0 Å². The smallest absolute Gasteiger partial charge is 0.153 e. The molecule has 0 aromatic carbocycles. The van der Waals surface area contributed by atoms with Gasteiger partial charge in [0.05, 0.1) is 17.4 Å². The Hall–Kier alpha value is -1.39. The lowest BCUT2D eigenvalue weighted by atomic mass is 10.3. The van der Waals surface area contributed by atoms with Crippen LogP contribution in [-0.2, 0) is 6.54 Å². The summed E-state index contributed by atoms with van der Waals surface area (Å²) < 4.78 is 1.66. The number of halogens is 1. The molecule has 5 heteroatoms. The highest BCUT2D eigenvalue weighted by atomic mass is 35.5. The molecule has 4 nitrogen and oxygen atoms in total. The molecule has 0 aliphatic heterocycles. The first kappa shape index (κ1) is 12.1. The fourth-order valence-electron chi connectivity index (χ4n) is 1.49. The molecule has 0 aliphatic carbocycles. The Labute approximate surface area is 106 Å². The third-order valence-corrected chi connectivity index (χ3v) is 2.55. The third-order valence-electron chi connectivity index (χ3n) is 2.35. The van der Waals surface area contributed by atoms with E-state index in [9.17, 15) is 0 Å². The van der Waals surface area contributed by atoms with Crippen molar-refractivity contribution in [1.82, 2.24) is 20.1 Å². The fourth-order valence-corrected chi connectivity index (χ4v) is 1.63. The summed E-state index contributed by atoms with van der Waals surface area (Å²) in [6.07, 6.45) is 6.32. The Morgan fingerprint density at radius 1 is 1.35 bits per heavy atom. The molecule has 0 saturated carbocycles. The highest BCUT2D eigenvalue weighted by Gasteiger charge is 2.00. The third kappa shape index (κ3) is 3.28. The topological polar surface area (TPSA) is 42.7 Å². The summed E-state index contributed by atoms with van der Waals surface area (Å²) in [4.78, 5) is 4.34. The van der Waals surface area contributed by atoms with Crippen molar-refractivity contribution in [3.8, 4) is 5.82 Å². The van der Waals surface area contributed by atoms with Gasteiger partial charge in [-0.1, -0.05) is 24.6 Å². The number of aromatic nitrogens is 3. The van der Waals surface area contributed by atoms with Crippen molar-refractivity contribution in [2.75, 3.05) is 6.54 Å². The van der Waals surface area contributed by atoms with E-state index in [1.54, 1.807) is 17.1 Å². The Balaban J connectivity index is 2.02. The van der Waals surface area contributed by atoms with E-state index >= 15 is 0 Å². The summed E-state index contributed by atoms with van der Waals surface area (Å²) in [7, 11) is 0. The maximum atomic E-state index is 5.80. The van der Waals surface area contributed by atoms with Crippen LogP contribution in [0.15, 0.2) is 30.7 Å². The predicted molar refractivity (Wildman–Crippen MR) is 68.4 cm³/mol. The lowest BCUT2D eigenvalue weighted by molar-refractivity contribution is 0.673. The monoisotopic (exact) mass is 250 g/mol. The predicted octanol–water partition coefficient (Wildman–Crippen LogP) is 2.42. The number of pyridine rings is 1. The molecule has 0 spiro atoms. The van der Waals surface area contributed by atoms with E-state index in [-0.39, 0.29) is 0 Å². The minimum absolute atomic E-state index is 0.612. The molecule has 0 unspecified atom stereocenters. The van der Waals surface area contributed by atoms with Gasteiger partial charge in [-0.3, -0.25) is 0 Å². The number of rotatable bonds is 5. The van der Waals surface area contributed by atoms with Crippen molar-refractivity contribution in [3.05, 3.63) is 41.3 Å². The molecule has 2 aromatic rings. The number of hydrogen-bond acceptors (Lipinski definition) is 3. The molecule has 0 bridgehead atoms. The van der Waals surface area contributed by atoms with E-state index in [0.717, 1.165) is 25.3 Å². The highest BCUT2D eigenvalue weighted by molar-refractivity contribution is 6.30. The molecular formula is C12H15ClN4. The van der Waals surface area contributed by atoms with Crippen LogP contribution in [0.3, 0.4) is 0 Å². The molecule has 0 atom stereocenters. The van der Waals surface area contributed by atoms with E-state index in [2.05, 4.69) is 22.3 Å². The van der Waals surface area contributed by atoms with Gasteiger partial charge in [0.15, 0.2) is 5.82 Å². The number of nitrogens with one attached hydrogen (secondary N) is 1. The van der Waals surface area contributed by atoms with Gasteiger partial charge in [0.2, 0.25) is 0 Å². The van der Waals surface area contributed by atoms with E-state index in [4.69, 9.17) is 11.6 Å². The Morgan fingerprint density at radius 3 is 2.82 bits per heavy atom. The zero-order chi connectivity index (χ0) is 12.1. The minimum atomic E-state index is 0.612. The first-order valence-corrected chi connectivity index (χ1v) is 6.03. The van der Waals surface area contributed by atoms with Crippen LogP contribution in [0.5, 0.6) is 0 Å². The molecule has 0 fully saturated rings. The van der Waals surface area contributed by atoms with E-state index in [1.165, 1.54) is 5.56 Å². The quantitative estimate of drug-likeness (QED) is 0.829. The second-order valence-electron chi connectivity index (χ2n) is 3.80. The average molecular weight is 251 g/mol. The SMILES string of the molecule is CCCNCc1ccc(-n2cc(Cl)cn2)nc1. The van der Waals surface area contributed by atoms with Crippen molar-refractivity contribution in [3.63, 3.8) is 0 Å². The second-order valence-corrected chi connectivity index (χ2v) is 4.24. The van der Waals surface area contributed by atoms with Crippen LogP contribution in [0.1, 0.15) is 18.9 Å². The number of hydrogen-bond donors (Lipinski definition) is 1. The first-order chi connectivity index (χ1) is 8.29. The maximum Gasteiger partial charge on any atom is 0.153 e. The summed E-state index contributed by atoms with van der Waals surface area (Å²) >= 11 is 5.80. The minimum Gasteiger partial charge on any atom is -0.313 e. The largest absolute Gasteiger partial charge is 0.313 e. The molecule has 2 rings (SSSR count). The van der Waals surface area contributed by atoms with Gasteiger partial charge in [0, 0.05) is 12.7 Å². The summed E-state index contributed by atoms with van der Waals surface area (Å²) in [5.41, 5.74) is 1.17. The van der Waals surface area contributed by atoms with Crippen LogP contribution in [-0.4, -0.2) is 21.3 Å². The van der Waals surface area contributed by atoms with Crippen molar-refractivity contribution >= 4 is 11.6 Å². The maximum absolute atomic E-state index is 5.80. The van der Waals surface area contributed by atoms with Gasteiger partial charge in [0.25, 0.3) is 0 Å². The van der Waals surface area contributed by atoms with Gasteiger partial charge in [0.1, 0.15) is 0 Å². The van der Waals surface area contributed by atoms with Crippen LogP contribution in [0, 0.1) is 0 Å². The highest BCUT2D eigenvalue weighted by Crippen LogP contribution is 2.10. The van der Waals surface area contributed by atoms with Crippen LogP contribution < -0.4 is 5.32 Å². The molecule has 0 radical (unpaired) electrons. The Bertz CT molecular complexity index is 464. The van der Waals surface area contributed by atoms with E-state index in [1.807, 2.05) is 18.3 Å². The molecule has 0 amide bonds. The van der Waals surface area contributed by atoms with E-state index in [0.29, 0.717) is 5.02 Å². The summed E-state index contributed by atoms with van der Waals surface area (Å²) in [6, 6.07) is 3.98. The number of nitrogens with zero attached hydrogens (tertiary/aromatic N) is 3. The molecule has 90 valence electrons. The average Bonchev–Trinajstić information content (AvgIpc) is 2.77. The van der Waals surface area contributed by atoms with Crippen LogP contribution in [0.25, 0.3) is 5.82 Å². The van der Waals surface area contributed by atoms with Gasteiger partial charge in [-0.05, 0) is 24.6 Å². The van der Waals surface area contributed by atoms with Crippen LogP contribution >= 0.6 is 11.6 Å². The summed E-state index contributed by atoms with van der Waals surface area (Å²) in [5, 5.41) is 8.04. The van der Waals surface area contributed by atoms with Crippen molar-refractivity contribution in [2.45, 2.75) is 19.9 Å². The van der Waals surface area contributed by atoms with Crippen LogP contribution in [0.4, 0.5) is 0 Å². The summed E-state index contributed by atoms with van der Waals surface area (Å²) in [5.74, 6) is 0.774. The first-order valence-electron chi connectivity index (χ1n) is 5.66. The normalized spacial score (nSPS) is 10.7. The Kier molecular flexibility index (Phi) is 4.12. The Morgan fingerprint density at radius 2 is 2.24 bits per heavy atom. The fraction of sp³-hybridized carbons (Fsp3) is 0.333. The van der Waals surface area contributed by atoms with Crippen molar-refractivity contribution < 1.29 is 0 Å². The molecule has 0 saturated heterocycles. The molecular weight excluding hydrogens is 236 g/mol. The van der Waals surface area contributed by atoms with Gasteiger partial charge < -0.3 is 5.32 Å². The van der Waals surface area contributed by atoms with Gasteiger partial charge in [-0.15, -0.1) is 0 Å². The van der Waals surface area contributed by atoms with Crippen molar-refractivity contribution in [1.29, 1.82) is 0 Å². The molecule has 1 N–H and O–H groups in total. The molecule has 2 aromatic heterocycles. The zero-order valence-corrected chi connectivity index (χ0v) is 10.5. The molecule has 17 heavy (non-hydrogen) atoms. The lowest BCUT2D eigenvalue weighted by Gasteiger charge is -2.04. The molecule has 0 aliphatic rings. The van der Waals surface area contributed by atoms with Gasteiger partial charge >= 0.3 is 0 Å². The molecule has 2 heterocycles. The zero-order valence-electron chi connectivity index (χ0n) is 9.73. The second kappa shape index (κ2) is 5.80. The lowest BCUT2D eigenvalue weighted by Crippen LogP contribution is -2.14. The van der Waals surface area contributed by atoms with E-state index < -0.39 is 0 Å². The van der Waals surface area contributed by atoms with Gasteiger partial charge in [-0.2, -0.15) is 5.10 Å². The van der Waals surface area contributed by atoms with Gasteiger partial charge in [-0.25, -0.2) is 9.67 Å². The van der Waals surface area contributed by atoms with Crippen LogP contribution in [0.2, 0.25) is 5.02 Å². The standard InChI is InChI=1S/C12H15ClN4/c1-2-5-14-6-10-3-4-12(15-7-10)17-9-11(13)8-16-17/h3-4,7-9,14H,2,5-6H2,1H3.